The van der Waals surface area contributed by atoms with Crippen LogP contribution in [-0.2, 0) is 0 Å². The zero-order chi connectivity index (χ0) is 15.6. The molecule has 1 atom stereocenters. The third-order valence-corrected chi connectivity index (χ3v) is 3.43. The predicted molar refractivity (Wildman–Crippen MR) is 82.2 cm³/mol. The first-order valence-electron chi connectivity index (χ1n) is 6.06. The highest BCUT2D eigenvalue weighted by Gasteiger charge is 2.20. The predicted octanol–water partition coefficient (Wildman–Crippen LogP) is 4.71. The van der Waals surface area contributed by atoms with Gasteiger partial charge in [0.15, 0.2) is 0 Å². The summed E-state index contributed by atoms with van der Waals surface area (Å²) in [5.41, 5.74) is 6.37. The van der Waals surface area contributed by atoms with Gasteiger partial charge in [-0.25, -0.2) is 0 Å². The van der Waals surface area contributed by atoms with Gasteiger partial charge in [-0.05, 0) is 30.7 Å². The van der Waals surface area contributed by atoms with E-state index >= 15 is 0 Å². The molecule has 0 aliphatic rings. The van der Waals surface area contributed by atoms with E-state index in [-0.39, 0.29) is 28.3 Å². The summed E-state index contributed by atoms with van der Waals surface area (Å²) in [6, 6.07) is 9.13. The second-order valence-electron chi connectivity index (χ2n) is 4.43. The van der Waals surface area contributed by atoms with Crippen molar-refractivity contribution in [1.29, 1.82) is 0 Å². The van der Waals surface area contributed by atoms with E-state index in [0.29, 0.717) is 5.02 Å². The Labute approximate surface area is 131 Å². The van der Waals surface area contributed by atoms with Crippen LogP contribution in [0.5, 0.6) is 11.5 Å². The molecule has 0 unspecified atom stereocenters. The van der Waals surface area contributed by atoms with Gasteiger partial charge in [-0.2, -0.15) is 0 Å². The lowest BCUT2D eigenvalue weighted by atomic mass is 10.1. The van der Waals surface area contributed by atoms with Gasteiger partial charge in [-0.15, -0.1) is 0 Å². The number of nitrogens with zero attached hydrogens (tertiary/aromatic N) is 1. The Morgan fingerprint density at radius 1 is 1.24 bits per heavy atom. The average Bonchev–Trinajstić information content (AvgIpc) is 2.42. The molecule has 21 heavy (non-hydrogen) atoms. The highest BCUT2D eigenvalue weighted by atomic mass is 35.5. The van der Waals surface area contributed by atoms with Crippen molar-refractivity contribution in [2.24, 2.45) is 5.73 Å². The summed E-state index contributed by atoms with van der Waals surface area (Å²) >= 11 is 12.1. The standard InChI is InChI=1S/C14H12Cl2N2O3/c1-8(17)9-5-6-13(11(16)7-9)21-14-10(15)3-2-4-12(14)18(19)20/h2-8H,17H2,1H3/t8-/m1/s1. The fraction of sp³-hybridized carbons (Fsp3) is 0.143. The van der Waals surface area contributed by atoms with Crippen LogP contribution >= 0.6 is 23.2 Å². The minimum Gasteiger partial charge on any atom is -0.447 e. The fourth-order valence-corrected chi connectivity index (χ4v) is 2.17. The number of halogens is 2. The van der Waals surface area contributed by atoms with Gasteiger partial charge < -0.3 is 10.5 Å². The Balaban J connectivity index is 2.41. The van der Waals surface area contributed by atoms with Gasteiger partial charge in [-0.1, -0.05) is 35.3 Å². The molecule has 0 saturated heterocycles. The monoisotopic (exact) mass is 326 g/mol. The molecule has 5 nitrogen and oxygen atoms in total. The lowest BCUT2D eigenvalue weighted by Crippen LogP contribution is -2.04. The van der Waals surface area contributed by atoms with Crippen molar-refractivity contribution in [3.8, 4) is 11.5 Å². The number of nitrogens with two attached hydrogens (primary N) is 1. The summed E-state index contributed by atoms with van der Waals surface area (Å²) in [7, 11) is 0. The van der Waals surface area contributed by atoms with E-state index in [4.69, 9.17) is 33.7 Å². The number of nitro benzene ring substituents is 1. The number of hydrogen-bond donors (Lipinski definition) is 1. The Morgan fingerprint density at radius 3 is 2.52 bits per heavy atom. The van der Waals surface area contributed by atoms with Crippen molar-refractivity contribution in [2.45, 2.75) is 13.0 Å². The molecule has 0 spiro atoms. The number of ether oxygens (including phenoxy) is 1. The molecule has 110 valence electrons. The minimum atomic E-state index is -0.564. The number of nitro groups is 1. The maximum atomic E-state index is 11.0. The SMILES string of the molecule is C[C@@H](N)c1ccc(Oc2c(Cl)cccc2[N+](=O)[O-])c(Cl)c1. The first-order chi connectivity index (χ1) is 9.90. The molecule has 0 heterocycles. The molecule has 2 N–H and O–H groups in total. The summed E-state index contributed by atoms with van der Waals surface area (Å²) in [4.78, 5) is 10.4. The maximum Gasteiger partial charge on any atom is 0.313 e. The van der Waals surface area contributed by atoms with Crippen LogP contribution in [0.25, 0.3) is 0 Å². The first-order valence-corrected chi connectivity index (χ1v) is 6.81. The third kappa shape index (κ3) is 3.44. The summed E-state index contributed by atoms with van der Waals surface area (Å²) in [6.45, 7) is 1.82. The van der Waals surface area contributed by atoms with E-state index in [9.17, 15) is 10.1 Å². The van der Waals surface area contributed by atoms with Crippen LogP contribution in [0.1, 0.15) is 18.5 Å². The molecule has 0 aromatic heterocycles. The van der Waals surface area contributed by atoms with Crippen molar-refractivity contribution < 1.29 is 9.66 Å². The molecule has 0 aliphatic heterocycles. The first kappa shape index (κ1) is 15.6. The molecule has 0 fully saturated rings. The van der Waals surface area contributed by atoms with Crippen molar-refractivity contribution in [2.75, 3.05) is 0 Å². The van der Waals surface area contributed by atoms with Gasteiger partial charge in [0, 0.05) is 12.1 Å². The van der Waals surface area contributed by atoms with Crippen molar-refractivity contribution in [3.63, 3.8) is 0 Å². The molecule has 0 saturated carbocycles. The Hall–Kier alpha value is -1.82. The quantitative estimate of drug-likeness (QED) is 0.651. The van der Waals surface area contributed by atoms with Crippen molar-refractivity contribution in [3.05, 3.63) is 62.1 Å². The van der Waals surface area contributed by atoms with Crippen molar-refractivity contribution >= 4 is 28.9 Å². The summed E-state index contributed by atoms with van der Waals surface area (Å²) in [5, 5.41) is 11.5. The van der Waals surface area contributed by atoms with Gasteiger partial charge in [-0.3, -0.25) is 10.1 Å². The van der Waals surface area contributed by atoms with E-state index in [1.54, 1.807) is 18.2 Å². The van der Waals surface area contributed by atoms with Crippen LogP contribution in [0.2, 0.25) is 10.0 Å². The van der Waals surface area contributed by atoms with Gasteiger partial charge in [0.05, 0.1) is 15.0 Å². The summed E-state index contributed by atoms with van der Waals surface area (Å²) in [5.74, 6) is 0.233. The molecule has 0 bridgehead atoms. The summed E-state index contributed by atoms with van der Waals surface area (Å²) < 4.78 is 5.52. The number of hydrogen-bond acceptors (Lipinski definition) is 4. The van der Waals surface area contributed by atoms with E-state index in [0.717, 1.165) is 5.56 Å². The molecular weight excluding hydrogens is 315 g/mol. The highest BCUT2D eigenvalue weighted by molar-refractivity contribution is 6.33. The van der Waals surface area contributed by atoms with Gasteiger partial charge in [0.1, 0.15) is 5.75 Å². The smallest absolute Gasteiger partial charge is 0.313 e. The number of benzene rings is 2. The Bertz CT molecular complexity index is 690. The second-order valence-corrected chi connectivity index (χ2v) is 5.24. The number of rotatable bonds is 4. The fourth-order valence-electron chi connectivity index (χ4n) is 1.74. The Kier molecular flexibility index (Phi) is 4.67. The maximum absolute atomic E-state index is 11.0. The van der Waals surface area contributed by atoms with Crippen molar-refractivity contribution in [1.82, 2.24) is 0 Å². The van der Waals surface area contributed by atoms with E-state index < -0.39 is 4.92 Å². The molecular formula is C14H12Cl2N2O3. The zero-order valence-corrected chi connectivity index (χ0v) is 12.6. The van der Waals surface area contributed by atoms with Crippen LogP contribution < -0.4 is 10.5 Å². The van der Waals surface area contributed by atoms with E-state index in [1.165, 1.54) is 18.2 Å². The molecule has 2 aromatic rings. The van der Waals surface area contributed by atoms with Gasteiger partial charge >= 0.3 is 5.69 Å². The molecule has 0 radical (unpaired) electrons. The number of para-hydroxylation sites is 1. The topological polar surface area (TPSA) is 78.4 Å². The average molecular weight is 327 g/mol. The normalized spacial score (nSPS) is 12.0. The molecule has 0 aliphatic carbocycles. The Morgan fingerprint density at radius 2 is 1.95 bits per heavy atom. The largest absolute Gasteiger partial charge is 0.447 e. The van der Waals surface area contributed by atoms with E-state index in [1.807, 2.05) is 6.92 Å². The van der Waals surface area contributed by atoms with Crippen LogP contribution in [0.3, 0.4) is 0 Å². The molecule has 7 heteroatoms. The zero-order valence-electron chi connectivity index (χ0n) is 11.0. The lowest BCUT2D eigenvalue weighted by Gasteiger charge is -2.12. The molecule has 2 aromatic carbocycles. The lowest BCUT2D eigenvalue weighted by molar-refractivity contribution is -0.385. The molecule has 0 amide bonds. The van der Waals surface area contributed by atoms with E-state index in [2.05, 4.69) is 0 Å². The summed E-state index contributed by atoms with van der Waals surface area (Å²) in [6.07, 6.45) is 0. The minimum absolute atomic E-state index is 0.0420. The second kappa shape index (κ2) is 6.30. The van der Waals surface area contributed by atoms with Crippen LogP contribution in [0.4, 0.5) is 5.69 Å². The third-order valence-electron chi connectivity index (χ3n) is 2.84. The van der Waals surface area contributed by atoms with Crippen LogP contribution in [0, 0.1) is 10.1 Å². The highest BCUT2D eigenvalue weighted by Crippen LogP contribution is 2.40. The van der Waals surface area contributed by atoms with Gasteiger partial charge in [0.2, 0.25) is 5.75 Å². The van der Waals surface area contributed by atoms with Crippen LogP contribution in [0.15, 0.2) is 36.4 Å². The molecule has 2 rings (SSSR count). The van der Waals surface area contributed by atoms with Crippen LogP contribution in [-0.4, -0.2) is 4.92 Å². The van der Waals surface area contributed by atoms with Gasteiger partial charge in [0.25, 0.3) is 0 Å².